The lowest BCUT2D eigenvalue weighted by molar-refractivity contribution is -0.138. The normalized spacial score (nSPS) is 21.8. The van der Waals surface area contributed by atoms with Gasteiger partial charge in [0, 0.05) is 13.7 Å². The molecular weight excluding hydrogens is 360 g/mol. The van der Waals surface area contributed by atoms with Gasteiger partial charge in [-0.2, -0.15) is 0 Å². The highest BCUT2D eigenvalue weighted by atomic mass is 16.5. The molecule has 1 spiro atoms. The molecule has 1 aromatic rings. The summed E-state index contributed by atoms with van der Waals surface area (Å²) in [5.41, 5.74) is 3.55. The van der Waals surface area contributed by atoms with Crippen LogP contribution in [0.5, 0.6) is 0 Å². The number of rotatable bonds is 6. The number of piperidine rings is 1. The summed E-state index contributed by atoms with van der Waals surface area (Å²) in [6, 6.07) is 9.10. The topological polar surface area (TPSA) is 32.8 Å². The molecule has 0 saturated carbocycles. The molecule has 4 nitrogen and oxygen atoms in total. The highest BCUT2D eigenvalue weighted by Crippen LogP contribution is 2.49. The van der Waals surface area contributed by atoms with Gasteiger partial charge in [-0.05, 0) is 80.6 Å². The van der Waals surface area contributed by atoms with Gasteiger partial charge in [0.1, 0.15) is 6.61 Å². The molecule has 1 saturated heterocycles. The van der Waals surface area contributed by atoms with Crippen LogP contribution in [0.2, 0.25) is 0 Å². The van der Waals surface area contributed by atoms with E-state index >= 15 is 0 Å². The molecule has 1 heterocycles. The molecule has 1 fully saturated rings. The Morgan fingerprint density at radius 3 is 2.52 bits per heavy atom. The molecule has 0 N–H and O–H groups in total. The van der Waals surface area contributed by atoms with Crippen molar-refractivity contribution in [1.29, 1.82) is 0 Å². The van der Waals surface area contributed by atoms with Crippen LogP contribution in [0, 0.1) is 5.41 Å². The van der Waals surface area contributed by atoms with Crippen LogP contribution in [0.1, 0.15) is 77.0 Å². The van der Waals surface area contributed by atoms with Gasteiger partial charge in [-0.25, -0.2) is 0 Å². The second-order valence-corrected chi connectivity index (χ2v) is 10.2. The number of carbonyl (C=O) groups excluding carboxylic acids is 1. The predicted octanol–water partition coefficient (Wildman–Crippen LogP) is 4.79. The number of hydrogen-bond acceptors (Lipinski definition) is 3. The number of benzene rings is 1. The first-order chi connectivity index (χ1) is 13.8. The Hall–Kier alpha value is -1.39. The minimum atomic E-state index is 0.0998. The summed E-state index contributed by atoms with van der Waals surface area (Å²) in [6.07, 6.45) is 5.96. The number of nitrogens with zero attached hydrogens (tertiary/aromatic N) is 2. The molecule has 0 radical (unpaired) electrons. The summed E-state index contributed by atoms with van der Waals surface area (Å²) in [5, 5.41) is 0. The standard InChI is InChI=1S/C25H40N2O2/c1-6-27(23(28)19-29-5)22-11-12-25(21-10-8-7-9-20(21)22)14-17-26(18-15-25)16-13-24(2,3)4/h7-10,22H,6,11-19H2,1-5H3/t22-/m0/s1. The molecule has 162 valence electrons. The van der Waals surface area contributed by atoms with Gasteiger partial charge >= 0.3 is 0 Å². The average Bonchev–Trinajstić information content (AvgIpc) is 2.70. The van der Waals surface area contributed by atoms with E-state index in [-0.39, 0.29) is 24.0 Å². The van der Waals surface area contributed by atoms with E-state index in [1.54, 1.807) is 7.11 Å². The van der Waals surface area contributed by atoms with Gasteiger partial charge in [-0.3, -0.25) is 4.79 Å². The molecule has 4 heteroatoms. The van der Waals surface area contributed by atoms with Crippen LogP contribution in [0.15, 0.2) is 24.3 Å². The van der Waals surface area contributed by atoms with E-state index in [9.17, 15) is 4.79 Å². The third-order valence-corrected chi connectivity index (χ3v) is 7.08. The van der Waals surface area contributed by atoms with Crippen molar-refractivity contribution in [2.24, 2.45) is 5.41 Å². The zero-order chi connectivity index (χ0) is 21.1. The maximum Gasteiger partial charge on any atom is 0.249 e. The second-order valence-electron chi connectivity index (χ2n) is 10.2. The van der Waals surface area contributed by atoms with E-state index in [0.29, 0.717) is 5.41 Å². The number of likely N-dealkylation sites (N-methyl/N-ethyl adjacent to an activating group) is 1. The molecule has 0 unspecified atom stereocenters. The minimum Gasteiger partial charge on any atom is -0.375 e. The first-order valence-electron chi connectivity index (χ1n) is 11.4. The van der Waals surface area contributed by atoms with Crippen molar-refractivity contribution in [3.8, 4) is 0 Å². The van der Waals surface area contributed by atoms with Gasteiger partial charge in [0.15, 0.2) is 0 Å². The Balaban J connectivity index is 1.77. The second kappa shape index (κ2) is 9.18. The third kappa shape index (κ3) is 5.03. The first-order valence-corrected chi connectivity index (χ1v) is 11.4. The predicted molar refractivity (Wildman–Crippen MR) is 119 cm³/mol. The maximum atomic E-state index is 12.6. The van der Waals surface area contributed by atoms with E-state index in [1.165, 1.54) is 56.4 Å². The van der Waals surface area contributed by atoms with Crippen LogP contribution in [-0.4, -0.2) is 55.6 Å². The maximum absolute atomic E-state index is 12.6. The van der Waals surface area contributed by atoms with Crippen LogP contribution >= 0.6 is 0 Å². The Labute approximate surface area is 177 Å². The monoisotopic (exact) mass is 400 g/mol. The molecule has 1 aliphatic carbocycles. The lowest BCUT2D eigenvalue weighted by atomic mass is 9.63. The van der Waals surface area contributed by atoms with E-state index in [2.05, 4.69) is 56.9 Å². The highest BCUT2D eigenvalue weighted by Gasteiger charge is 2.43. The fourth-order valence-electron chi connectivity index (χ4n) is 5.29. The molecule has 1 aliphatic heterocycles. The zero-order valence-electron chi connectivity index (χ0n) is 19.2. The van der Waals surface area contributed by atoms with Crippen LogP contribution in [0.25, 0.3) is 0 Å². The largest absolute Gasteiger partial charge is 0.375 e. The van der Waals surface area contributed by atoms with E-state index in [0.717, 1.165) is 13.0 Å². The quantitative estimate of drug-likeness (QED) is 0.688. The third-order valence-electron chi connectivity index (χ3n) is 7.08. The molecule has 1 amide bonds. The Morgan fingerprint density at radius 2 is 1.90 bits per heavy atom. The van der Waals surface area contributed by atoms with Crippen molar-refractivity contribution in [2.75, 3.05) is 39.9 Å². The zero-order valence-corrected chi connectivity index (χ0v) is 19.2. The van der Waals surface area contributed by atoms with Gasteiger partial charge < -0.3 is 14.5 Å². The first kappa shape index (κ1) is 22.3. The number of ether oxygens (including phenoxy) is 1. The van der Waals surface area contributed by atoms with Gasteiger partial charge in [-0.15, -0.1) is 0 Å². The number of likely N-dealkylation sites (tertiary alicyclic amines) is 1. The molecule has 0 bridgehead atoms. The van der Waals surface area contributed by atoms with Crippen LogP contribution in [0.4, 0.5) is 0 Å². The van der Waals surface area contributed by atoms with Crippen molar-refractivity contribution >= 4 is 5.91 Å². The van der Waals surface area contributed by atoms with Gasteiger partial charge in [0.2, 0.25) is 5.91 Å². The number of fused-ring (bicyclic) bond motifs is 2. The lowest BCUT2D eigenvalue weighted by Crippen LogP contribution is -2.47. The van der Waals surface area contributed by atoms with Crippen molar-refractivity contribution in [1.82, 2.24) is 9.80 Å². The number of methoxy groups -OCH3 is 1. The number of amides is 1. The molecule has 0 aromatic heterocycles. The summed E-state index contributed by atoms with van der Waals surface area (Å²) in [7, 11) is 1.60. The van der Waals surface area contributed by atoms with Crippen molar-refractivity contribution in [3.63, 3.8) is 0 Å². The van der Waals surface area contributed by atoms with Crippen LogP contribution in [0.3, 0.4) is 0 Å². The smallest absolute Gasteiger partial charge is 0.249 e. The van der Waals surface area contributed by atoms with Crippen LogP contribution < -0.4 is 0 Å². The summed E-state index contributed by atoms with van der Waals surface area (Å²) >= 11 is 0. The Bertz CT molecular complexity index is 686. The van der Waals surface area contributed by atoms with Gasteiger partial charge in [0.25, 0.3) is 0 Å². The summed E-state index contributed by atoms with van der Waals surface area (Å²) < 4.78 is 5.14. The number of carbonyl (C=O) groups is 1. The summed E-state index contributed by atoms with van der Waals surface area (Å²) in [4.78, 5) is 17.3. The summed E-state index contributed by atoms with van der Waals surface area (Å²) in [5.74, 6) is 0.0998. The Morgan fingerprint density at radius 1 is 1.21 bits per heavy atom. The molecule has 29 heavy (non-hydrogen) atoms. The van der Waals surface area contributed by atoms with E-state index in [4.69, 9.17) is 4.74 Å². The van der Waals surface area contributed by atoms with E-state index in [1.807, 2.05) is 4.90 Å². The lowest BCUT2D eigenvalue weighted by Gasteiger charge is -2.49. The molecule has 1 atom stereocenters. The molecule has 1 aromatic carbocycles. The van der Waals surface area contributed by atoms with Crippen molar-refractivity contribution < 1.29 is 9.53 Å². The van der Waals surface area contributed by atoms with Crippen molar-refractivity contribution in [2.45, 2.75) is 71.3 Å². The average molecular weight is 401 g/mol. The fraction of sp³-hybridized carbons (Fsp3) is 0.720. The highest BCUT2D eigenvalue weighted by molar-refractivity contribution is 5.78. The SMILES string of the molecule is CCN(C(=O)COC)[C@H]1CCC2(CCN(CCC(C)(C)C)CC2)c2ccccc21. The number of hydrogen-bond donors (Lipinski definition) is 0. The Kier molecular flexibility index (Phi) is 7.06. The molecule has 3 rings (SSSR count). The van der Waals surface area contributed by atoms with Gasteiger partial charge in [-0.1, -0.05) is 45.0 Å². The fourth-order valence-corrected chi connectivity index (χ4v) is 5.29. The molecule has 2 aliphatic rings. The van der Waals surface area contributed by atoms with Crippen LogP contribution in [-0.2, 0) is 14.9 Å². The van der Waals surface area contributed by atoms with Gasteiger partial charge in [0.05, 0.1) is 6.04 Å². The van der Waals surface area contributed by atoms with Crippen molar-refractivity contribution in [3.05, 3.63) is 35.4 Å². The van der Waals surface area contributed by atoms with E-state index < -0.39 is 0 Å². The minimum absolute atomic E-state index is 0.0998. The summed E-state index contributed by atoms with van der Waals surface area (Å²) in [6.45, 7) is 13.6. The molecular formula is C25H40N2O2.